The fraction of sp³-hybridized carbons (Fsp3) is 0.412. The van der Waals surface area contributed by atoms with Crippen molar-refractivity contribution in [3.8, 4) is 0 Å². The Labute approximate surface area is 128 Å². The highest BCUT2D eigenvalue weighted by atomic mass is 16.5. The van der Waals surface area contributed by atoms with Crippen molar-refractivity contribution in [1.82, 2.24) is 4.90 Å². The van der Waals surface area contributed by atoms with Gasteiger partial charge in [0.25, 0.3) is 0 Å². The number of fused-ring (bicyclic) bond motifs is 1. The van der Waals surface area contributed by atoms with E-state index in [1.807, 2.05) is 43.3 Å². The predicted octanol–water partition coefficient (Wildman–Crippen LogP) is 1.61. The third-order valence-electron chi connectivity index (χ3n) is 5.16. The van der Waals surface area contributed by atoms with E-state index in [9.17, 15) is 14.7 Å². The minimum Gasteiger partial charge on any atom is -0.481 e. The SMILES string of the molecule is C[C@H](c1ccccc1)N1C[C@@]23C=C[C@H](O2)[C@@H](C(=O)O)[C@H]3C1=O. The summed E-state index contributed by atoms with van der Waals surface area (Å²) in [5.74, 6) is -2.45. The molecule has 1 amide bonds. The molecule has 1 N–H and O–H groups in total. The minimum absolute atomic E-state index is 0.0980. The van der Waals surface area contributed by atoms with Gasteiger partial charge in [-0.3, -0.25) is 9.59 Å². The van der Waals surface area contributed by atoms with Crippen molar-refractivity contribution in [1.29, 1.82) is 0 Å². The first kappa shape index (κ1) is 13.5. The van der Waals surface area contributed by atoms with Crippen LogP contribution >= 0.6 is 0 Å². The van der Waals surface area contributed by atoms with Gasteiger partial charge in [-0.25, -0.2) is 0 Å². The molecule has 22 heavy (non-hydrogen) atoms. The highest BCUT2D eigenvalue weighted by Crippen LogP contribution is 2.53. The summed E-state index contributed by atoms with van der Waals surface area (Å²) in [6.45, 7) is 2.39. The van der Waals surface area contributed by atoms with Crippen LogP contribution in [0, 0.1) is 11.8 Å². The molecule has 5 atom stereocenters. The van der Waals surface area contributed by atoms with Crippen LogP contribution in [0.4, 0.5) is 0 Å². The molecular formula is C17H17NO4. The predicted molar refractivity (Wildman–Crippen MR) is 77.9 cm³/mol. The van der Waals surface area contributed by atoms with Gasteiger partial charge < -0.3 is 14.7 Å². The van der Waals surface area contributed by atoms with E-state index in [1.54, 1.807) is 11.0 Å². The van der Waals surface area contributed by atoms with Gasteiger partial charge in [-0.15, -0.1) is 0 Å². The molecule has 0 saturated carbocycles. The van der Waals surface area contributed by atoms with Gasteiger partial charge in [0.2, 0.25) is 5.91 Å². The molecule has 2 bridgehead atoms. The molecule has 4 rings (SSSR count). The molecule has 5 nitrogen and oxygen atoms in total. The summed E-state index contributed by atoms with van der Waals surface area (Å²) in [5, 5.41) is 9.45. The van der Waals surface area contributed by atoms with E-state index in [0.29, 0.717) is 6.54 Å². The number of hydrogen-bond donors (Lipinski definition) is 1. The number of ether oxygens (including phenoxy) is 1. The monoisotopic (exact) mass is 299 g/mol. The number of carboxylic acids is 1. The topological polar surface area (TPSA) is 66.8 Å². The Morgan fingerprint density at radius 3 is 2.82 bits per heavy atom. The van der Waals surface area contributed by atoms with Gasteiger partial charge >= 0.3 is 5.97 Å². The van der Waals surface area contributed by atoms with Crippen molar-refractivity contribution in [2.75, 3.05) is 6.54 Å². The van der Waals surface area contributed by atoms with E-state index in [1.165, 1.54) is 0 Å². The Kier molecular flexibility index (Phi) is 2.72. The van der Waals surface area contributed by atoms with Gasteiger partial charge in [0.15, 0.2) is 0 Å². The Hall–Kier alpha value is -2.14. The molecule has 3 heterocycles. The third-order valence-corrected chi connectivity index (χ3v) is 5.16. The van der Waals surface area contributed by atoms with Gasteiger partial charge in [-0.05, 0) is 12.5 Å². The van der Waals surface area contributed by atoms with Gasteiger partial charge in [-0.2, -0.15) is 0 Å². The average molecular weight is 299 g/mol. The highest BCUT2D eigenvalue weighted by molar-refractivity contribution is 5.91. The molecule has 0 aromatic heterocycles. The average Bonchev–Trinajstić information content (AvgIpc) is 3.15. The standard InChI is InChI=1S/C17H17NO4/c1-10(11-5-3-2-4-6-11)18-9-17-8-7-12(22-17)13(16(20)21)14(17)15(18)19/h2-8,10,12-14H,9H2,1H3,(H,20,21)/t10-,12+,13-,14+,17-/m1/s1. The Bertz CT molecular complexity index is 670. The second kappa shape index (κ2) is 4.43. The molecule has 2 fully saturated rings. The van der Waals surface area contributed by atoms with Gasteiger partial charge in [-0.1, -0.05) is 42.5 Å². The van der Waals surface area contributed by atoms with Crippen LogP contribution in [0.5, 0.6) is 0 Å². The van der Waals surface area contributed by atoms with Crippen LogP contribution in [0.2, 0.25) is 0 Å². The molecular weight excluding hydrogens is 282 g/mol. The summed E-state index contributed by atoms with van der Waals surface area (Å²) in [4.78, 5) is 26.1. The number of hydrogen-bond acceptors (Lipinski definition) is 3. The lowest BCUT2D eigenvalue weighted by Gasteiger charge is -2.27. The van der Waals surface area contributed by atoms with Crippen molar-refractivity contribution in [2.24, 2.45) is 11.8 Å². The van der Waals surface area contributed by atoms with Crippen molar-refractivity contribution < 1.29 is 19.4 Å². The van der Waals surface area contributed by atoms with Crippen molar-refractivity contribution in [3.05, 3.63) is 48.0 Å². The quantitative estimate of drug-likeness (QED) is 0.861. The van der Waals surface area contributed by atoms with Crippen LogP contribution in [0.3, 0.4) is 0 Å². The zero-order valence-electron chi connectivity index (χ0n) is 12.2. The molecule has 1 aromatic carbocycles. The van der Waals surface area contributed by atoms with E-state index in [4.69, 9.17) is 4.74 Å². The third kappa shape index (κ3) is 1.63. The first-order valence-corrected chi connectivity index (χ1v) is 7.49. The highest BCUT2D eigenvalue weighted by Gasteiger charge is 2.67. The lowest BCUT2D eigenvalue weighted by Crippen LogP contribution is -2.39. The largest absolute Gasteiger partial charge is 0.481 e. The van der Waals surface area contributed by atoms with Crippen molar-refractivity contribution in [3.63, 3.8) is 0 Å². The number of likely N-dealkylation sites (tertiary alicyclic amines) is 1. The van der Waals surface area contributed by atoms with E-state index in [-0.39, 0.29) is 11.9 Å². The second-order valence-electron chi connectivity index (χ2n) is 6.29. The van der Waals surface area contributed by atoms with Gasteiger partial charge in [0.05, 0.1) is 24.6 Å². The van der Waals surface area contributed by atoms with Crippen LogP contribution in [-0.2, 0) is 14.3 Å². The molecule has 2 saturated heterocycles. The zero-order chi connectivity index (χ0) is 15.5. The van der Waals surface area contributed by atoms with Crippen LogP contribution in [0.15, 0.2) is 42.5 Å². The zero-order valence-corrected chi connectivity index (χ0v) is 12.2. The fourth-order valence-electron chi connectivity index (χ4n) is 4.05. The number of aliphatic carboxylic acids is 1. The maximum atomic E-state index is 12.8. The maximum Gasteiger partial charge on any atom is 0.310 e. The van der Waals surface area contributed by atoms with Crippen LogP contribution < -0.4 is 0 Å². The number of carbonyl (C=O) groups excluding carboxylic acids is 1. The Morgan fingerprint density at radius 1 is 1.41 bits per heavy atom. The van der Waals surface area contributed by atoms with E-state index in [2.05, 4.69) is 0 Å². The molecule has 114 valence electrons. The Balaban J connectivity index is 1.68. The fourth-order valence-corrected chi connectivity index (χ4v) is 4.05. The molecule has 3 aliphatic rings. The van der Waals surface area contributed by atoms with Crippen LogP contribution in [0.1, 0.15) is 18.5 Å². The lowest BCUT2D eigenvalue weighted by atomic mass is 9.77. The lowest BCUT2D eigenvalue weighted by molar-refractivity contribution is -0.148. The van der Waals surface area contributed by atoms with Crippen LogP contribution in [0.25, 0.3) is 0 Å². The molecule has 0 unspecified atom stereocenters. The normalized spacial score (nSPS) is 36.7. The molecule has 0 radical (unpaired) electrons. The number of rotatable bonds is 3. The first-order valence-electron chi connectivity index (χ1n) is 7.49. The summed E-state index contributed by atoms with van der Waals surface area (Å²) in [6.07, 6.45) is 3.21. The van der Waals surface area contributed by atoms with E-state index in [0.717, 1.165) is 5.56 Å². The molecule has 0 aliphatic carbocycles. The number of nitrogens with zero attached hydrogens (tertiary/aromatic N) is 1. The molecule has 3 aliphatic heterocycles. The molecule has 1 aromatic rings. The number of carbonyl (C=O) groups is 2. The maximum absolute atomic E-state index is 12.8. The summed E-state index contributed by atoms with van der Waals surface area (Å²) in [6, 6.07) is 9.67. The summed E-state index contributed by atoms with van der Waals surface area (Å²) < 4.78 is 5.89. The summed E-state index contributed by atoms with van der Waals surface area (Å²) in [5.41, 5.74) is 0.283. The van der Waals surface area contributed by atoms with Crippen molar-refractivity contribution >= 4 is 11.9 Å². The second-order valence-corrected chi connectivity index (χ2v) is 6.29. The number of amides is 1. The van der Waals surface area contributed by atoms with E-state index >= 15 is 0 Å². The molecule has 1 spiro atoms. The van der Waals surface area contributed by atoms with E-state index < -0.39 is 29.5 Å². The summed E-state index contributed by atoms with van der Waals surface area (Å²) in [7, 11) is 0. The number of carboxylic acid groups (broad SMARTS) is 1. The summed E-state index contributed by atoms with van der Waals surface area (Å²) >= 11 is 0. The van der Waals surface area contributed by atoms with Gasteiger partial charge in [0, 0.05) is 0 Å². The van der Waals surface area contributed by atoms with Crippen molar-refractivity contribution in [2.45, 2.75) is 24.7 Å². The van der Waals surface area contributed by atoms with Crippen LogP contribution in [-0.4, -0.2) is 40.1 Å². The molecule has 5 heteroatoms. The van der Waals surface area contributed by atoms with Gasteiger partial charge in [0.1, 0.15) is 11.5 Å². The smallest absolute Gasteiger partial charge is 0.310 e. The minimum atomic E-state index is -0.955. The first-order chi connectivity index (χ1) is 10.5. The number of benzene rings is 1. The Morgan fingerprint density at radius 2 is 2.14 bits per heavy atom.